The molecule has 1 aliphatic carbocycles. The van der Waals surface area contributed by atoms with Gasteiger partial charge in [-0.25, -0.2) is 4.99 Å². The van der Waals surface area contributed by atoms with E-state index in [1.807, 2.05) is 0 Å². The van der Waals surface area contributed by atoms with Crippen molar-refractivity contribution in [2.24, 2.45) is 10.9 Å². The third-order valence-corrected chi connectivity index (χ3v) is 4.85. The Bertz CT molecular complexity index is 729. The van der Waals surface area contributed by atoms with Crippen molar-refractivity contribution in [3.8, 4) is 0 Å². The summed E-state index contributed by atoms with van der Waals surface area (Å²) in [5, 5.41) is 3.20. The maximum atomic E-state index is 12.7. The number of allylic oxidation sites excluding steroid dienone is 1. The van der Waals surface area contributed by atoms with Crippen molar-refractivity contribution in [2.75, 3.05) is 13.1 Å². The first-order valence-electron chi connectivity index (χ1n) is 8.44. The van der Waals surface area contributed by atoms with E-state index in [1.165, 1.54) is 6.34 Å². The van der Waals surface area contributed by atoms with Crippen LogP contribution in [0.2, 0.25) is 5.02 Å². The molecule has 4 nitrogen and oxygen atoms in total. The van der Waals surface area contributed by atoms with Gasteiger partial charge in [0.1, 0.15) is 5.70 Å². The van der Waals surface area contributed by atoms with Crippen LogP contribution in [0.25, 0.3) is 0 Å². The minimum absolute atomic E-state index is 0.108. The molecule has 26 heavy (non-hydrogen) atoms. The second-order valence-electron chi connectivity index (χ2n) is 6.55. The van der Waals surface area contributed by atoms with Gasteiger partial charge in [-0.15, -0.1) is 0 Å². The molecule has 2 aliphatic rings. The number of aliphatic imine (C=N–C) groups is 1. The first-order valence-corrected chi connectivity index (χ1v) is 8.82. The number of halogens is 4. The number of amides is 1. The van der Waals surface area contributed by atoms with Gasteiger partial charge in [-0.05, 0) is 30.5 Å². The quantitative estimate of drug-likeness (QED) is 0.803. The summed E-state index contributed by atoms with van der Waals surface area (Å²) in [6.45, 7) is 0.444. The third-order valence-electron chi connectivity index (χ3n) is 4.52. The molecule has 1 heterocycles. The second-order valence-corrected chi connectivity index (χ2v) is 6.96. The van der Waals surface area contributed by atoms with Crippen molar-refractivity contribution in [1.82, 2.24) is 10.2 Å². The molecule has 1 fully saturated rings. The lowest BCUT2D eigenvalue weighted by molar-refractivity contribution is -0.0930. The number of carbonyl (C=O) groups excluding carboxylic acids is 1. The van der Waals surface area contributed by atoms with Gasteiger partial charge in [0.25, 0.3) is 5.91 Å². The van der Waals surface area contributed by atoms with Gasteiger partial charge in [0, 0.05) is 19.1 Å². The van der Waals surface area contributed by atoms with Crippen LogP contribution in [-0.2, 0) is 0 Å². The van der Waals surface area contributed by atoms with Gasteiger partial charge in [-0.2, -0.15) is 13.2 Å². The van der Waals surface area contributed by atoms with Gasteiger partial charge in [0.15, 0.2) is 0 Å². The smallest absolute Gasteiger partial charge is 0.354 e. The van der Waals surface area contributed by atoms with Crippen molar-refractivity contribution in [1.29, 1.82) is 0 Å². The molecule has 1 saturated carbocycles. The molecule has 0 bridgehead atoms. The van der Waals surface area contributed by atoms with E-state index in [0.717, 1.165) is 25.3 Å². The highest BCUT2D eigenvalue weighted by atomic mass is 35.5. The summed E-state index contributed by atoms with van der Waals surface area (Å²) in [6, 6.07) is 6.63. The highest BCUT2D eigenvalue weighted by Crippen LogP contribution is 2.35. The summed E-state index contributed by atoms with van der Waals surface area (Å²) in [7, 11) is 0. The Balaban J connectivity index is 1.62. The standard InChI is InChI=1S/C18H19ClF3N3O/c19-15-4-2-1-3-14(15)17(26)23-10-13(9-12-5-6-12)25-8-7-16(24-11-25)18(20,21)22/h1-4,7,11-13H,5-6,8-10H2,(H,23,26). The van der Waals surface area contributed by atoms with Gasteiger partial charge >= 0.3 is 6.18 Å². The maximum Gasteiger partial charge on any atom is 0.433 e. The Kier molecular flexibility index (Phi) is 5.55. The topological polar surface area (TPSA) is 44.7 Å². The van der Waals surface area contributed by atoms with Crippen LogP contribution in [0.4, 0.5) is 13.2 Å². The Morgan fingerprint density at radius 2 is 2.08 bits per heavy atom. The van der Waals surface area contributed by atoms with Gasteiger partial charge < -0.3 is 10.2 Å². The van der Waals surface area contributed by atoms with Crippen molar-refractivity contribution < 1.29 is 18.0 Å². The number of hydrogen-bond donors (Lipinski definition) is 1. The SMILES string of the molecule is O=C(NCC(CC1CC1)N1C=NC(C(F)(F)F)=CC1)c1ccccc1Cl. The predicted molar refractivity (Wildman–Crippen MR) is 94.3 cm³/mol. The third kappa shape index (κ3) is 4.78. The van der Waals surface area contributed by atoms with E-state index < -0.39 is 11.9 Å². The van der Waals surface area contributed by atoms with Crippen molar-refractivity contribution in [3.63, 3.8) is 0 Å². The van der Waals surface area contributed by atoms with Crippen LogP contribution < -0.4 is 5.32 Å². The molecule has 0 radical (unpaired) electrons. The zero-order chi connectivity index (χ0) is 18.7. The summed E-state index contributed by atoms with van der Waals surface area (Å²) in [4.78, 5) is 17.6. The summed E-state index contributed by atoms with van der Waals surface area (Å²) in [6.07, 6.45) is 0.914. The highest BCUT2D eigenvalue weighted by Gasteiger charge is 2.36. The average Bonchev–Trinajstić information content (AvgIpc) is 3.42. The normalized spacial score (nSPS) is 18.5. The molecular weight excluding hydrogens is 367 g/mol. The molecule has 0 spiro atoms. The fourth-order valence-electron chi connectivity index (χ4n) is 2.89. The molecule has 1 N–H and O–H groups in total. The van der Waals surface area contributed by atoms with Crippen LogP contribution in [0.1, 0.15) is 29.6 Å². The summed E-state index contributed by atoms with van der Waals surface area (Å²) in [5.41, 5.74) is -0.495. The fourth-order valence-corrected chi connectivity index (χ4v) is 3.11. The second kappa shape index (κ2) is 7.70. The number of nitrogens with one attached hydrogen (secondary N) is 1. The molecule has 3 rings (SSSR count). The summed E-state index contributed by atoms with van der Waals surface area (Å²) in [5.74, 6) is 0.260. The maximum absolute atomic E-state index is 12.7. The van der Waals surface area contributed by atoms with E-state index in [0.29, 0.717) is 23.0 Å². The Labute approximate surface area is 154 Å². The molecule has 1 atom stereocenters. The van der Waals surface area contributed by atoms with Crippen LogP contribution in [0.5, 0.6) is 0 Å². The number of hydrogen-bond acceptors (Lipinski definition) is 3. The van der Waals surface area contributed by atoms with E-state index in [9.17, 15) is 18.0 Å². The first-order chi connectivity index (χ1) is 12.3. The van der Waals surface area contributed by atoms with Crippen molar-refractivity contribution in [2.45, 2.75) is 31.5 Å². The zero-order valence-electron chi connectivity index (χ0n) is 14.0. The monoisotopic (exact) mass is 385 g/mol. The number of benzene rings is 1. The van der Waals surface area contributed by atoms with E-state index in [1.54, 1.807) is 29.2 Å². The number of nitrogens with zero attached hydrogens (tertiary/aromatic N) is 2. The summed E-state index contributed by atoms with van der Waals surface area (Å²) < 4.78 is 38.1. The highest BCUT2D eigenvalue weighted by molar-refractivity contribution is 6.33. The van der Waals surface area contributed by atoms with Gasteiger partial charge in [-0.3, -0.25) is 4.79 Å². The van der Waals surface area contributed by atoms with E-state index in [4.69, 9.17) is 11.6 Å². The lowest BCUT2D eigenvalue weighted by Crippen LogP contribution is -2.45. The van der Waals surface area contributed by atoms with Crippen molar-refractivity contribution in [3.05, 3.63) is 46.6 Å². The van der Waals surface area contributed by atoms with E-state index >= 15 is 0 Å². The first kappa shape index (κ1) is 18.8. The van der Waals surface area contributed by atoms with E-state index in [-0.39, 0.29) is 18.5 Å². The van der Waals surface area contributed by atoms with Crippen LogP contribution >= 0.6 is 11.6 Å². The molecule has 1 unspecified atom stereocenters. The molecule has 8 heteroatoms. The number of carbonyl (C=O) groups is 1. The molecule has 1 amide bonds. The van der Waals surface area contributed by atoms with Crippen LogP contribution in [0.15, 0.2) is 41.0 Å². The molecule has 1 aromatic rings. The fraction of sp³-hybridized carbons (Fsp3) is 0.444. The Morgan fingerprint density at radius 1 is 1.35 bits per heavy atom. The molecule has 0 saturated heterocycles. The Morgan fingerprint density at radius 3 is 2.65 bits per heavy atom. The van der Waals surface area contributed by atoms with Gasteiger partial charge in [0.2, 0.25) is 0 Å². The molecule has 0 aromatic heterocycles. The molecular formula is C18H19ClF3N3O. The lowest BCUT2D eigenvalue weighted by Gasteiger charge is -2.31. The molecule has 1 aromatic carbocycles. The minimum Gasteiger partial charge on any atom is -0.354 e. The minimum atomic E-state index is -4.44. The number of rotatable bonds is 6. The molecule has 1 aliphatic heterocycles. The summed E-state index contributed by atoms with van der Waals surface area (Å²) >= 11 is 6.03. The van der Waals surface area contributed by atoms with Crippen molar-refractivity contribution >= 4 is 23.8 Å². The predicted octanol–water partition coefficient (Wildman–Crippen LogP) is 4.03. The lowest BCUT2D eigenvalue weighted by atomic mass is 10.1. The number of alkyl halides is 3. The van der Waals surface area contributed by atoms with Gasteiger partial charge in [-0.1, -0.05) is 36.6 Å². The van der Waals surface area contributed by atoms with Crippen LogP contribution in [0, 0.1) is 5.92 Å². The van der Waals surface area contributed by atoms with E-state index in [2.05, 4.69) is 10.3 Å². The van der Waals surface area contributed by atoms with Gasteiger partial charge in [0.05, 0.1) is 16.9 Å². The van der Waals surface area contributed by atoms with Crippen LogP contribution in [0.3, 0.4) is 0 Å². The average molecular weight is 386 g/mol. The Hall–Kier alpha value is -2.02. The molecule has 140 valence electrons. The van der Waals surface area contributed by atoms with Crippen LogP contribution in [-0.4, -0.2) is 42.5 Å². The zero-order valence-corrected chi connectivity index (χ0v) is 14.7. The largest absolute Gasteiger partial charge is 0.433 e.